The number of rotatable bonds is 2. The molecule has 0 saturated carbocycles. The first-order chi connectivity index (χ1) is 8.84. The van der Waals surface area contributed by atoms with Gasteiger partial charge in [-0.3, -0.25) is 19.7 Å². The molecule has 6 nitrogen and oxygen atoms in total. The molecule has 1 atom stereocenters. The highest BCUT2D eigenvalue weighted by molar-refractivity contribution is 6.43. The molecule has 1 aliphatic rings. The quantitative estimate of drug-likeness (QED) is 0.516. The van der Waals surface area contributed by atoms with Crippen LogP contribution in [0.2, 0.25) is 10.0 Å². The third-order valence-corrected chi connectivity index (χ3v) is 3.85. The van der Waals surface area contributed by atoms with Crippen molar-refractivity contribution in [2.45, 2.75) is 18.9 Å². The molecule has 1 heterocycles. The lowest BCUT2D eigenvalue weighted by atomic mass is 9.83. The van der Waals surface area contributed by atoms with Crippen molar-refractivity contribution in [3.05, 3.63) is 37.9 Å². The first-order valence-corrected chi connectivity index (χ1v) is 6.10. The topological polar surface area (TPSA) is 89.3 Å². The fourth-order valence-corrected chi connectivity index (χ4v) is 2.33. The maximum atomic E-state index is 12.3. The van der Waals surface area contributed by atoms with Crippen LogP contribution in [0.5, 0.6) is 0 Å². The van der Waals surface area contributed by atoms with Gasteiger partial charge in [-0.15, -0.1) is 0 Å². The van der Waals surface area contributed by atoms with E-state index < -0.39 is 22.2 Å². The first-order valence-electron chi connectivity index (χ1n) is 5.34. The monoisotopic (exact) mass is 302 g/mol. The predicted molar refractivity (Wildman–Crippen MR) is 69.4 cm³/mol. The Kier molecular flexibility index (Phi) is 3.24. The van der Waals surface area contributed by atoms with Crippen molar-refractivity contribution in [2.75, 3.05) is 5.32 Å². The molecule has 1 unspecified atom stereocenters. The zero-order valence-electron chi connectivity index (χ0n) is 9.70. The van der Waals surface area contributed by atoms with E-state index in [0.29, 0.717) is 0 Å². The summed E-state index contributed by atoms with van der Waals surface area (Å²) in [6.07, 6.45) is -0.246. The summed E-state index contributed by atoms with van der Waals surface area (Å²) in [5, 5.41) is 13.7. The van der Waals surface area contributed by atoms with Gasteiger partial charge < -0.3 is 5.32 Å². The van der Waals surface area contributed by atoms with Gasteiger partial charge >= 0.3 is 11.4 Å². The first kappa shape index (κ1) is 13.8. The van der Waals surface area contributed by atoms with Crippen LogP contribution in [0.3, 0.4) is 0 Å². The summed E-state index contributed by atoms with van der Waals surface area (Å²) in [6, 6.07) is 2.53. The number of halogens is 2. The minimum Gasteiger partial charge on any atom is -0.319 e. The van der Waals surface area contributed by atoms with Crippen LogP contribution in [0.25, 0.3) is 0 Å². The highest BCUT2D eigenvalue weighted by atomic mass is 35.5. The van der Waals surface area contributed by atoms with Gasteiger partial charge in [0.05, 0.1) is 21.3 Å². The second-order valence-electron chi connectivity index (χ2n) is 4.07. The number of nitrogens with one attached hydrogen (secondary N) is 1. The summed E-state index contributed by atoms with van der Waals surface area (Å²) >= 11 is 11.6. The van der Waals surface area contributed by atoms with E-state index in [1.54, 1.807) is 0 Å². The Morgan fingerprint density at radius 1 is 1.32 bits per heavy atom. The molecule has 0 fully saturated rings. The number of benzene rings is 1. The van der Waals surface area contributed by atoms with Crippen LogP contribution in [0.1, 0.15) is 23.7 Å². The molecule has 1 aliphatic heterocycles. The number of carbonyl (C=O) groups is 2. The molecule has 1 N–H and O–H groups in total. The molecule has 0 aliphatic carbocycles. The molecule has 1 aromatic rings. The van der Waals surface area contributed by atoms with E-state index in [9.17, 15) is 19.7 Å². The molecule has 19 heavy (non-hydrogen) atoms. The van der Waals surface area contributed by atoms with Crippen LogP contribution < -0.4 is 5.32 Å². The second kappa shape index (κ2) is 4.47. The molecule has 8 heteroatoms. The maximum absolute atomic E-state index is 12.3. The van der Waals surface area contributed by atoms with Gasteiger partial charge in [-0.05, 0) is 12.1 Å². The number of Topliss-reactive ketones (excluding diaryl/α,β-unsaturated/α-hetero) is 1. The summed E-state index contributed by atoms with van der Waals surface area (Å²) < 4.78 is 0. The van der Waals surface area contributed by atoms with Gasteiger partial charge in [-0.25, -0.2) is 0 Å². The molecule has 0 radical (unpaired) electrons. The van der Waals surface area contributed by atoms with Crippen LogP contribution in [-0.4, -0.2) is 22.2 Å². The average molecular weight is 303 g/mol. The van der Waals surface area contributed by atoms with Crippen molar-refractivity contribution in [3.8, 4) is 0 Å². The molecular formula is C11H8Cl2N2O4. The van der Waals surface area contributed by atoms with Gasteiger partial charge in [0, 0.05) is 11.3 Å². The van der Waals surface area contributed by atoms with Crippen LogP contribution in [-0.2, 0) is 4.79 Å². The van der Waals surface area contributed by atoms with Crippen molar-refractivity contribution >= 4 is 40.6 Å². The van der Waals surface area contributed by atoms with Gasteiger partial charge in [-0.1, -0.05) is 30.1 Å². The number of amides is 1. The number of nitrogens with zero attached hydrogens (tertiary/aromatic N) is 1. The largest absolute Gasteiger partial charge is 0.359 e. The Morgan fingerprint density at radius 3 is 2.42 bits per heavy atom. The number of ketones is 1. The normalized spacial score (nSPS) is 21.8. The standard InChI is InChI=1S/C11H8Cl2N2O4/c1-2-11(15(18)19)9(16)5-3-6(12)7(13)4-8(5)14-10(11)17/h3-4H,2H2,1H3,(H,14,17). The smallest absolute Gasteiger partial charge is 0.319 e. The number of anilines is 1. The van der Waals surface area contributed by atoms with Gasteiger partial charge in [-0.2, -0.15) is 0 Å². The van der Waals surface area contributed by atoms with E-state index in [1.165, 1.54) is 19.1 Å². The minimum atomic E-state index is -2.30. The van der Waals surface area contributed by atoms with Gasteiger partial charge in [0.15, 0.2) is 0 Å². The van der Waals surface area contributed by atoms with Crippen LogP contribution in [0, 0.1) is 10.1 Å². The van der Waals surface area contributed by atoms with Crippen LogP contribution in [0.4, 0.5) is 5.69 Å². The molecule has 0 spiro atoms. The van der Waals surface area contributed by atoms with E-state index in [2.05, 4.69) is 5.32 Å². The molecule has 0 aromatic heterocycles. The molecule has 1 amide bonds. The highest BCUT2D eigenvalue weighted by Gasteiger charge is 2.59. The van der Waals surface area contributed by atoms with E-state index >= 15 is 0 Å². The van der Waals surface area contributed by atoms with Gasteiger partial charge in [0.1, 0.15) is 0 Å². The third kappa shape index (κ3) is 1.79. The van der Waals surface area contributed by atoms with Crippen molar-refractivity contribution in [1.82, 2.24) is 0 Å². The molecule has 1 aromatic carbocycles. The summed E-state index contributed by atoms with van der Waals surface area (Å²) in [6.45, 7) is 1.41. The number of hydrogen-bond acceptors (Lipinski definition) is 4. The summed E-state index contributed by atoms with van der Waals surface area (Å²) in [5.41, 5.74) is -2.17. The van der Waals surface area contributed by atoms with Crippen molar-refractivity contribution in [3.63, 3.8) is 0 Å². The third-order valence-electron chi connectivity index (χ3n) is 3.13. The molecular weight excluding hydrogens is 295 g/mol. The lowest BCUT2D eigenvalue weighted by molar-refractivity contribution is -0.533. The maximum Gasteiger partial charge on any atom is 0.359 e. The zero-order chi connectivity index (χ0) is 14.4. The Bertz CT molecular complexity index is 617. The van der Waals surface area contributed by atoms with Crippen molar-refractivity contribution < 1.29 is 14.5 Å². The lowest BCUT2D eigenvalue weighted by Gasteiger charge is -2.27. The molecule has 0 bridgehead atoms. The Morgan fingerprint density at radius 2 is 1.89 bits per heavy atom. The van der Waals surface area contributed by atoms with E-state index in [0.717, 1.165) is 0 Å². The van der Waals surface area contributed by atoms with E-state index in [4.69, 9.17) is 23.2 Å². The number of nitro groups is 1. The fourth-order valence-electron chi connectivity index (χ4n) is 2.01. The Hall–Kier alpha value is -1.66. The molecule has 0 saturated heterocycles. The highest BCUT2D eigenvalue weighted by Crippen LogP contribution is 2.36. The summed E-state index contributed by atoms with van der Waals surface area (Å²) in [5.74, 6) is -1.84. The SMILES string of the molecule is CCC1([N+](=O)[O-])C(=O)Nc2cc(Cl)c(Cl)cc2C1=O. The van der Waals surface area contributed by atoms with Gasteiger partial charge in [0.2, 0.25) is 0 Å². The van der Waals surface area contributed by atoms with E-state index in [-0.39, 0.29) is 27.7 Å². The molecule has 2 rings (SSSR count). The zero-order valence-corrected chi connectivity index (χ0v) is 11.2. The van der Waals surface area contributed by atoms with Crippen LogP contribution >= 0.6 is 23.2 Å². The van der Waals surface area contributed by atoms with E-state index in [1.807, 2.05) is 0 Å². The number of carbonyl (C=O) groups excluding carboxylic acids is 2. The van der Waals surface area contributed by atoms with Crippen LogP contribution in [0.15, 0.2) is 12.1 Å². The Labute approximate surface area is 117 Å². The fraction of sp³-hybridized carbons (Fsp3) is 0.273. The number of fused-ring (bicyclic) bond motifs is 1. The molecule has 100 valence electrons. The lowest BCUT2D eigenvalue weighted by Crippen LogP contribution is -2.58. The van der Waals surface area contributed by atoms with Gasteiger partial charge in [0.25, 0.3) is 5.78 Å². The van der Waals surface area contributed by atoms with Crippen molar-refractivity contribution in [1.29, 1.82) is 0 Å². The minimum absolute atomic E-state index is 0.00690. The Balaban J connectivity index is 2.69. The second-order valence-corrected chi connectivity index (χ2v) is 4.88. The number of hydrogen-bond donors (Lipinski definition) is 1. The summed E-state index contributed by atoms with van der Waals surface area (Å²) in [7, 11) is 0. The van der Waals surface area contributed by atoms with Crippen molar-refractivity contribution in [2.24, 2.45) is 0 Å². The predicted octanol–water partition coefficient (Wildman–Crippen LogP) is 2.55. The average Bonchev–Trinajstić information content (AvgIpc) is 2.33. The summed E-state index contributed by atoms with van der Waals surface area (Å²) in [4.78, 5) is 34.5.